The van der Waals surface area contributed by atoms with E-state index >= 15 is 0 Å². The van der Waals surface area contributed by atoms with Gasteiger partial charge in [0.05, 0.1) is 7.11 Å². The van der Waals surface area contributed by atoms with Crippen LogP contribution in [0.4, 0.5) is 0 Å². The number of benzene rings is 1. The first-order chi connectivity index (χ1) is 7.40. The normalized spacial score (nSPS) is 12.2. The van der Waals surface area contributed by atoms with E-state index in [-0.39, 0.29) is 17.1 Å². The molecule has 5 nitrogen and oxygen atoms in total. The molecular formula is C11H15NO4. The molecule has 0 heterocycles. The van der Waals surface area contributed by atoms with Crippen LogP contribution in [0, 0.1) is 13.8 Å². The van der Waals surface area contributed by atoms with Gasteiger partial charge >= 0.3 is 5.97 Å². The van der Waals surface area contributed by atoms with Gasteiger partial charge in [-0.15, -0.1) is 0 Å². The number of phenolic OH excluding ortho intramolecular Hbond substituents is 1. The SMILES string of the molecule is COc1c(C)c(C)cc(C(N)C(=O)O)c1O. The van der Waals surface area contributed by atoms with Crippen molar-refractivity contribution in [3.05, 3.63) is 22.8 Å². The molecule has 0 aromatic heterocycles. The number of hydrogen-bond acceptors (Lipinski definition) is 4. The van der Waals surface area contributed by atoms with Crippen LogP contribution in [-0.2, 0) is 4.79 Å². The van der Waals surface area contributed by atoms with Crippen LogP contribution in [0.3, 0.4) is 0 Å². The molecule has 1 unspecified atom stereocenters. The summed E-state index contributed by atoms with van der Waals surface area (Å²) in [7, 11) is 1.41. The van der Waals surface area contributed by atoms with Crippen molar-refractivity contribution in [1.82, 2.24) is 0 Å². The lowest BCUT2D eigenvalue weighted by molar-refractivity contribution is -0.138. The maximum atomic E-state index is 10.8. The number of rotatable bonds is 3. The molecule has 1 atom stereocenters. The van der Waals surface area contributed by atoms with Crippen LogP contribution < -0.4 is 10.5 Å². The monoisotopic (exact) mass is 225 g/mol. The molecule has 0 spiro atoms. The third kappa shape index (κ3) is 1.94. The molecule has 0 bridgehead atoms. The van der Waals surface area contributed by atoms with Crippen LogP contribution in [0.5, 0.6) is 11.5 Å². The van der Waals surface area contributed by atoms with E-state index in [1.54, 1.807) is 19.9 Å². The number of aliphatic carboxylic acids is 1. The van der Waals surface area contributed by atoms with Crippen LogP contribution in [0.2, 0.25) is 0 Å². The van der Waals surface area contributed by atoms with E-state index < -0.39 is 12.0 Å². The second-order valence-electron chi connectivity index (χ2n) is 3.61. The molecule has 0 saturated heterocycles. The summed E-state index contributed by atoms with van der Waals surface area (Å²) in [5, 5.41) is 18.7. The number of nitrogens with two attached hydrogens (primary N) is 1. The smallest absolute Gasteiger partial charge is 0.325 e. The van der Waals surface area contributed by atoms with E-state index in [1.807, 2.05) is 0 Å². The van der Waals surface area contributed by atoms with Gasteiger partial charge in [0.15, 0.2) is 11.5 Å². The minimum atomic E-state index is -1.26. The maximum Gasteiger partial charge on any atom is 0.325 e. The number of aromatic hydroxyl groups is 1. The molecule has 0 radical (unpaired) electrons. The van der Waals surface area contributed by atoms with E-state index in [9.17, 15) is 9.90 Å². The number of aryl methyl sites for hydroxylation is 1. The maximum absolute atomic E-state index is 10.8. The summed E-state index contributed by atoms with van der Waals surface area (Å²) in [5.74, 6) is -1.13. The van der Waals surface area contributed by atoms with Gasteiger partial charge in [-0.1, -0.05) is 0 Å². The third-order valence-electron chi connectivity index (χ3n) is 2.60. The minimum Gasteiger partial charge on any atom is -0.504 e. The number of methoxy groups -OCH3 is 1. The summed E-state index contributed by atoms with van der Waals surface area (Å²) in [4.78, 5) is 10.8. The predicted molar refractivity (Wildman–Crippen MR) is 58.7 cm³/mol. The van der Waals surface area contributed by atoms with Crippen molar-refractivity contribution in [1.29, 1.82) is 0 Å². The van der Waals surface area contributed by atoms with Gasteiger partial charge in [-0.3, -0.25) is 4.79 Å². The van der Waals surface area contributed by atoms with Gasteiger partial charge < -0.3 is 20.7 Å². The molecule has 1 rings (SSSR count). The van der Waals surface area contributed by atoms with Crippen molar-refractivity contribution in [2.24, 2.45) is 5.73 Å². The summed E-state index contributed by atoms with van der Waals surface area (Å²) < 4.78 is 5.03. The Morgan fingerprint density at radius 3 is 2.50 bits per heavy atom. The predicted octanol–water partition coefficient (Wildman–Crippen LogP) is 1.10. The quantitative estimate of drug-likeness (QED) is 0.716. The van der Waals surface area contributed by atoms with Crippen LogP contribution in [0.1, 0.15) is 22.7 Å². The molecule has 1 aromatic rings. The average molecular weight is 225 g/mol. The topological polar surface area (TPSA) is 92.8 Å². The molecule has 0 amide bonds. The summed E-state index contributed by atoms with van der Waals surface area (Å²) in [6, 6.07) is 0.305. The second kappa shape index (κ2) is 4.40. The number of carboxylic acids is 1. The fourth-order valence-corrected chi connectivity index (χ4v) is 1.52. The highest BCUT2D eigenvalue weighted by atomic mass is 16.5. The van der Waals surface area contributed by atoms with Gasteiger partial charge in [-0.2, -0.15) is 0 Å². The highest BCUT2D eigenvalue weighted by molar-refractivity contribution is 5.77. The molecule has 0 aliphatic heterocycles. The van der Waals surface area contributed by atoms with Crippen molar-refractivity contribution in [2.75, 3.05) is 7.11 Å². The molecule has 1 aromatic carbocycles. The van der Waals surface area contributed by atoms with Gasteiger partial charge in [-0.05, 0) is 31.0 Å². The highest BCUT2D eigenvalue weighted by Crippen LogP contribution is 2.37. The Morgan fingerprint density at radius 1 is 1.50 bits per heavy atom. The fourth-order valence-electron chi connectivity index (χ4n) is 1.52. The zero-order valence-corrected chi connectivity index (χ0v) is 9.44. The van der Waals surface area contributed by atoms with Gasteiger partial charge in [0, 0.05) is 5.56 Å². The molecule has 4 N–H and O–H groups in total. The van der Waals surface area contributed by atoms with Crippen molar-refractivity contribution in [3.8, 4) is 11.5 Å². The van der Waals surface area contributed by atoms with E-state index in [0.717, 1.165) is 11.1 Å². The standard InChI is InChI=1S/C11H15NO4/c1-5-4-7(8(12)11(14)15)9(13)10(16-3)6(5)2/h4,8,13H,12H2,1-3H3,(H,14,15). The Hall–Kier alpha value is -1.75. The average Bonchev–Trinajstić information content (AvgIpc) is 2.23. The summed E-state index contributed by atoms with van der Waals surface area (Å²) in [6.07, 6.45) is 0. The largest absolute Gasteiger partial charge is 0.504 e. The fraction of sp³-hybridized carbons (Fsp3) is 0.364. The number of carboxylic acid groups (broad SMARTS) is 1. The zero-order chi connectivity index (χ0) is 12.5. The molecule has 0 fully saturated rings. The number of phenols is 1. The van der Waals surface area contributed by atoms with Crippen molar-refractivity contribution >= 4 is 5.97 Å². The number of hydrogen-bond donors (Lipinski definition) is 3. The highest BCUT2D eigenvalue weighted by Gasteiger charge is 2.22. The Balaban J connectivity index is 3.42. The molecule has 0 saturated carbocycles. The Morgan fingerprint density at radius 2 is 2.06 bits per heavy atom. The summed E-state index contributed by atoms with van der Waals surface area (Å²) in [5.41, 5.74) is 7.21. The molecule has 5 heteroatoms. The summed E-state index contributed by atoms with van der Waals surface area (Å²) in [6.45, 7) is 3.58. The molecule has 16 heavy (non-hydrogen) atoms. The van der Waals surface area contributed by atoms with Gasteiger partial charge in [-0.25, -0.2) is 0 Å². The van der Waals surface area contributed by atoms with E-state index in [2.05, 4.69) is 0 Å². The Bertz CT molecular complexity index is 428. The molecule has 0 aliphatic carbocycles. The number of carbonyl (C=O) groups is 1. The van der Waals surface area contributed by atoms with Gasteiger partial charge in [0.1, 0.15) is 6.04 Å². The number of ether oxygens (including phenoxy) is 1. The van der Waals surface area contributed by atoms with E-state index in [1.165, 1.54) is 7.11 Å². The lowest BCUT2D eigenvalue weighted by Gasteiger charge is -2.16. The molecule has 88 valence electrons. The van der Waals surface area contributed by atoms with Crippen molar-refractivity contribution < 1.29 is 19.7 Å². The van der Waals surface area contributed by atoms with Crippen LogP contribution in [-0.4, -0.2) is 23.3 Å². The molecule has 0 aliphatic rings. The Labute approximate surface area is 93.5 Å². The zero-order valence-electron chi connectivity index (χ0n) is 9.44. The van der Waals surface area contributed by atoms with Gasteiger partial charge in [0.2, 0.25) is 0 Å². The van der Waals surface area contributed by atoms with E-state index in [4.69, 9.17) is 15.6 Å². The Kier molecular flexibility index (Phi) is 3.39. The van der Waals surface area contributed by atoms with Gasteiger partial charge in [0.25, 0.3) is 0 Å². The lowest BCUT2D eigenvalue weighted by atomic mass is 9.99. The van der Waals surface area contributed by atoms with Crippen LogP contribution >= 0.6 is 0 Å². The third-order valence-corrected chi connectivity index (χ3v) is 2.60. The van der Waals surface area contributed by atoms with Crippen molar-refractivity contribution in [3.63, 3.8) is 0 Å². The molecular weight excluding hydrogens is 210 g/mol. The first kappa shape index (κ1) is 12.3. The first-order valence-electron chi connectivity index (χ1n) is 4.75. The van der Waals surface area contributed by atoms with Crippen molar-refractivity contribution in [2.45, 2.75) is 19.9 Å². The first-order valence-corrected chi connectivity index (χ1v) is 4.75. The van der Waals surface area contributed by atoms with E-state index in [0.29, 0.717) is 0 Å². The lowest BCUT2D eigenvalue weighted by Crippen LogP contribution is -2.21. The summed E-state index contributed by atoms with van der Waals surface area (Å²) >= 11 is 0. The van der Waals surface area contributed by atoms with Crippen LogP contribution in [0.25, 0.3) is 0 Å². The van der Waals surface area contributed by atoms with Crippen LogP contribution in [0.15, 0.2) is 6.07 Å². The minimum absolute atomic E-state index is 0.160. The second-order valence-corrected chi connectivity index (χ2v) is 3.61.